The third-order valence-electron chi connectivity index (χ3n) is 2.28. The van der Waals surface area contributed by atoms with Crippen LogP contribution in [-0.2, 0) is 0 Å². The first-order valence-electron chi connectivity index (χ1n) is 4.40. The predicted octanol–water partition coefficient (Wildman–Crippen LogP) is 3.53. The van der Waals surface area contributed by atoms with Gasteiger partial charge in [0.1, 0.15) is 0 Å². The van der Waals surface area contributed by atoms with E-state index in [1.54, 1.807) is 0 Å². The molecular formula is C12H11Cl. The van der Waals surface area contributed by atoms with Crippen molar-refractivity contribution < 1.29 is 0 Å². The Hall–Kier alpha value is -1.01. The van der Waals surface area contributed by atoms with Crippen LogP contribution in [0, 0.1) is 0 Å². The zero-order valence-corrected chi connectivity index (χ0v) is 8.09. The van der Waals surface area contributed by atoms with Crippen LogP contribution in [0.2, 0.25) is 0 Å². The summed E-state index contributed by atoms with van der Waals surface area (Å²) in [7, 11) is 0. The van der Waals surface area contributed by atoms with Gasteiger partial charge in [0.2, 0.25) is 0 Å². The maximum Gasteiger partial charge on any atom is 0.0476 e. The molecule has 0 heterocycles. The second-order valence-corrected chi connectivity index (χ2v) is 3.45. The van der Waals surface area contributed by atoms with Crippen molar-refractivity contribution in [3.8, 4) is 0 Å². The summed E-state index contributed by atoms with van der Waals surface area (Å²) in [4.78, 5) is 0. The van der Waals surface area contributed by atoms with Crippen LogP contribution in [0.1, 0.15) is 6.42 Å². The smallest absolute Gasteiger partial charge is 0.0476 e. The predicted molar refractivity (Wildman–Crippen MR) is 57.9 cm³/mol. The van der Waals surface area contributed by atoms with Crippen LogP contribution in [-0.4, -0.2) is 5.88 Å². The van der Waals surface area contributed by atoms with E-state index in [2.05, 4.69) is 42.5 Å². The number of rotatable bonds is 1. The molecule has 1 heteroatoms. The molecule has 0 aromatic heterocycles. The van der Waals surface area contributed by atoms with Gasteiger partial charge in [0.15, 0.2) is 0 Å². The molecule has 0 atom stereocenters. The molecule has 2 aliphatic carbocycles. The lowest BCUT2D eigenvalue weighted by Gasteiger charge is -2.05. The maximum atomic E-state index is 5.86. The van der Waals surface area contributed by atoms with Gasteiger partial charge in [0.05, 0.1) is 0 Å². The molecule has 2 bridgehead atoms. The van der Waals surface area contributed by atoms with Gasteiger partial charge in [-0.2, -0.15) is 0 Å². The number of fused-ring (bicyclic) bond motifs is 2. The van der Waals surface area contributed by atoms with Gasteiger partial charge in [-0.05, 0) is 23.1 Å². The Morgan fingerprint density at radius 2 is 1.92 bits per heavy atom. The summed E-state index contributed by atoms with van der Waals surface area (Å²) in [6.07, 6.45) is 15.7. The van der Waals surface area contributed by atoms with Gasteiger partial charge < -0.3 is 0 Å². The highest BCUT2D eigenvalue weighted by Gasteiger charge is 2.08. The highest BCUT2D eigenvalue weighted by Crippen LogP contribution is 2.26. The van der Waals surface area contributed by atoms with E-state index in [9.17, 15) is 0 Å². The first-order chi connectivity index (χ1) is 6.40. The molecule has 2 rings (SSSR count). The Balaban J connectivity index is 2.43. The standard InChI is InChI=1S/C12H11Cl/c13-9-12-7-3-5-10-4-1-2-6-11(12)8-10/h1-7H,8-9H2. The molecule has 0 spiro atoms. The molecule has 0 unspecified atom stereocenters. The van der Waals surface area contributed by atoms with Crippen molar-refractivity contribution in [1.29, 1.82) is 0 Å². The summed E-state index contributed by atoms with van der Waals surface area (Å²) in [6, 6.07) is 0. The Morgan fingerprint density at radius 3 is 2.77 bits per heavy atom. The van der Waals surface area contributed by atoms with E-state index >= 15 is 0 Å². The van der Waals surface area contributed by atoms with Crippen LogP contribution >= 0.6 is 11.6 Å². The average Bonchev–Trinajstić information content (AvgIpc) is 2.49. The van der Waals surface area contributed by atoms with Crippen LogP contribution in [0.25, 0.3) is 0 Å². The molecular weight excluding hydrogens is 180 g/mol. The normalized spacial score (nSPS) is 19.9. The molecule has 0 N–H and O–H groups in total. The highest BCUT2D eigenvalue weighted by atomic mass is 35.5. The molecule has 0 radical (unpaired) electrons. The summed E-state index contributed by atoms with van der Waals surface area (Å²) < 4.78 is 0. The first kappa shape index (κ1) is 8.58. The third kappa shape index (κ3) is 1.84. The number of allylic oxidation sites excluding steroid dienone is 10. The molecule has 2 aliphatic rings. The zero-order chi connectivity index (χ0) is 9.10. The van der Waals surface area contributed by atoms with Crippen LogP contribution in [0.5, 0.6) is 0 Å². The fourth-order valence-corrected chi connectivity index (χ4v) is 1.81. The molecule has 0 aliphatic heterocycles. The van der Waals surface area contributed by atoms with Crippen molar-refractivity contribution in [2.24, 2.45) is 0 Å². The minimum Gasteiger partial charge on any atom is -0.122 e. The van der Waals surface area contributed by atoms with Crippen molar-refractivity contribution in [1.82, 2.24) is 0 Å². The third-order valence-corrected chi connectivity index (χ3v) is 2.57. The van der Waals surface area contributed by atoms with Gasteiger partial charge in [-0.1, -0.05) is 42.5 Å². The Bertz CT molecular complexity index is 351. The molecule has 0 aromatic rings. The van der Waals surface area contributed by atoms with Gasteiger partial charge in [0.25, 0.3) is 0 Å². The van der Waals surface area contributed by atoms with Crippen molar-refractivity contribution in [3.63, 3.8) is 0 Å². The fraction of sp³-hybridized carbons (Fsp3) is 0.167. The summed E-state index contributed by atoms with van der Waals surface area (Å²) in [6.45, 7) is 0. The van der Waals surface area contributed by atoms with E-state index in [-0.39, 0.29) is 0 Å². The van der Waals surface area contributed by atoms with Gasteiger partial charge in [0, 0.05) is 5.88 Å². The molecule has 0 saturated heterocycles. The topological polar surface area (TPSA) is 0 Å². The lowest BCUT2D eigenvalue weighted by Crippen LogP contribution is -1.90. The lowest BCUT2D eigenvalue weighted by atomic mass is 10.0. The quantitative estimate of drug-likeness (QED) is 0.555. The van der Waals surface area contributed by atoms with Crippen LogP contribution in [0.15, 0.2) is 59.3 Å². The molecule has 0 nitrogen and oxygen atoms in total. The van der Waals surface area contributed by atoms with E-state index in [1.165, 1.54) is 16.7 Å². The minimum absolute atomic E-state index is 0.595. The average molecular weight is 191 g/mol. The van der Waals surface area contributed by atoms with Gasteiger partial charge in [-0.15, -0.1) is 11.6 Å². The fourth-order valence-electron chi connectivity index (χ4n) is 1.55. The summed E-state index contributed by atoms with van der Waals surface area (Å²) in [5.74, 6) is 0.595. The number of halogens is 1. The molecule has 13 heavy (non-hydrogen) atoms. The number of hydrogen-bond acceptors (Lipinski definition) is 0. The summed E-state index contributed by atoms with van der Waals surface area (Å²) in [5, 5.41) is 0. The molecule has 0 saturated carbocycles. The Kier molecular flexibility index (Phi) is 2.51. The number of hydrogen-bond donors (Lipinski definition) is 0. The zero-order valence-electron chi connectivity index (χ0n) is 7.33. The van der Waals surface area contributed by atoms with Crippen molar-refractivity contribution in [3.05, 3.63) is 59.3 Å². The lowest BCUT2D eigenvalue weighted by molar-refractivity contribution is 1.17. The summed E-state index contributed by atoms with van der Waals surface area (Å²) in [5.41, 5.74) is 3.91. The second-order valence-electron chi connectivity index (χ2n) is 3.18. The van der Waals surface area contributed by atoms with E-state index < -0.39 is 0 Å². The van der Waals surface area contributed by atoms with Crippen molar-refractivity contribution in [2.75, 3.05) is 5.88 Å². The van der Waals surface area contributed by atoms with E-state index in [4.69, 9.17) is 11.6 Å². The van der Waals surface area contributed by atoms with Gasteiger partial charge in [-0.25, -0.2) is 0 Å². The van der Waals surface area contributed by atoms with E-state index in [0.717, 1.165) is 6.42 Å². The van der Waals surface area contributed by atoms with Gasteiger partial charge >= 0.3 is 0 Å². The molecule has 0 amide bonds. The maximum absolute atomic E-state index is 5.86. The van der Waals surface area contributed by atoms with Crippen molar-refractivity contribution in [2.45, 2.75) is 6.42 Å². The molecule has 0 aromatic carbocycles. The highest BCUT2D eigenvalue weighted by molar-refractivity contribution is 6.19. The molecule has 0 fully saturated rings. The van der Waals surface area contributed by atoms with Crippen LogP contribution in [0.4, 0.5) is 0 Å². The van der Waals surface area contributed by atoms with E-state index in [1.807, 2.05) is 0 Å². The van der Waals surface area contributed by atoms with Crippen LogP contribution in [0.3, 0.4) is 0 Å². The van der Waals surface area contributed by atoms with Gasteiger partial charge in [-0.3, -0.25) is 0 Å². The van der Waals surface area contributed by atoms with E-state index in [0.29, 0.717) is 5.88 Å². The number of alkyl halides is 1. The largest absolute Gasteiger partial charge is 0.122 e. The Labute approximate surface area is 83.6 Å². The monoisotopic (exact) mass is 190 g/mol. The molecule has 66 valence electrons. The SMILES string of the molecule is ClCC1=CC=CC2=CC=CC=C1C2. The first-order valence-corrected chi connectivity index (χ1v) is 4.93. The van der Waals surface area contributed by atoms with Crippen molar-refractivity contribution >= 4 is 11.6 Å². The second kappa shape index (κ2) is 3.80. The Morgan fingerprint density at radius 1 is 1.08 bits per heavy atom. The van der Waals surface area contributed by atoms with Crippen LogP contribution < -0.4 is 0 Å². The minimum atomic E-state index is 0.595. The summed E-state index contributed by atoms with van der Waals surface area (Å²) >= 11 is 5.86.